The molecule has 428 valence electrons. The minimum atomic E-state index is -4.37. The minimum absolute atomic E-state index is 0.0139. The largest absolute Gasteiger partial charge is 0.338 e. The van der Waals surface area contributed by atoms with Crippen LogP contribution in [-0.2, 0) is 69.7 Å². The minimum Gasteiger partial charge on any atom is -0.338 e. The van der Waals surface area contributed by atoms with Crippen molar-refractivity contribution in [3.05, 3.63) is 105 Å². The Morgan fingerprint density at radius 2 is 1.25 bits per heavy atom. The van der Waals surface area contributed by atoms with Gasteiger partial charge in [0, 0.05) is 21.8 Å². The van der Waals surface area contributed by atoms with E-state index in [0.29, 0.717) is 83.3 Å². The van der Waals surface area contributed by atoms with Gasteiger partial charge in [-0.05, 0) is 128 Å². The third kappa shape index (κ3) is 12.3. The van der Waals surface area contributed by atoms with Gasteiger partial charge in [-0.1, -0.05) is 151 Å². The number of benzene rings is 4. The van der Waals surface area contributed by atoms with Gasteiger partial charge in [0.1, 0.15) is 34.4 Å². The number of thiazole rings is 2. The van der Waals surface area contributed by atoms with E-state index in [1.54, 1.807) is 62.1 Å². The number of nitrogens with zero attached hydrogens (tertiary/aromatic N) is 9. The number of azo groups is 1. The Labute approximate surface area is 525 Å². The molecule has 0 aliphatic rings. The predicted octanol–water partition coefficient (Wildman–Crippen LogP) is 14.9. The standard InChI is InChI=1S/C53H54ClI3N10O8S6/c1-11-31-19-29(6)46(80(72,73)27-57)35(13-3)44(31)62-49-43(63-64-50-37(24-58)48(53(8,9)10)65-67(50)52-60-39-18-16-34(23-41(39)77-52)79(70,71)26-56)28(5)21-42(61-49)66(45-32(12-2)20-30(7)47(36(45)14-4)81(54,74)75)51-59-38-17-15-33(22-40(38)76-51)78(68,69)25-55/h15-23H,11-14,25-27H2,1-10H3,(H,61,62). The molecule has 0 aliphatic carbocycles. The zero-order chi connectivity index (χ0) is 59.5. The van der Waals surface area contributed by atoms with E-state index in [2.05, 4.69) is 11.4 Å². The summed E-state index contributed by atoms with van der Waals surface area (Å²) < 4.78 is 110. The average molecular weight is 1570 g/mol. The number of anilines is 5. The predicted molar refractivity (Wildman–Crippen MR) is 349 cm³/mol. The maximum Gasteiger partial charge on any atom is 0.261 e. The van der Waals surface area contributed by atoms with E-state index < -0.39 is 44.0 Å². The maximum atomic E-state index is 14.0. The number of nitrogens with one attached hydrogen (secondary N) is 1. The SMILES string of the molecule is CCc1cc(C)c(S(=O)(=O)CI)c(CC)c1Nc1nc(N(c2nc3ccc(S(=O)(=O)CI)cc3s2)c2c(CC)cc(C)c(S(=O)(=O)Cl)c2CC)cc(C)c1N=Nc1c(C#N)c(C(C)(C)C)nn1-c1nc2ccc(S(=O)(=O)CI)cc2s1. The quantitative estimate of drug-likeness (QED) is 0.0342. The van der Waals surface area contributed by atoms with Crippen LogP contribution in [0.3, 0.4) is 0 Å². The molecule has 0 amide bonds. The van der Waals surface area contributed by atoms with Gasteiger partial charge in [-0.15, -0.1) is 10.2 Å². The van der Waals surface area contributed by atoms with Crippen molar-refractivity contribution >= 4 is 200 Å². The number of hydrogen-bond donors (Lipinski definition) is 1. The summed E-state index contributed by atoms with van der Waals surface area (Å²) in [5.41, 5.74) is 5.65. The Bertz CT molecular complexity index is 4420. The Morgan fingerprint density at radius 1 is 0.691 bits per heavy atom. The molecule has 8 rings (SSSR count). The van der Waals surface area contributed by atoms with E-state index in [1.807, 2.05) is 122 Å². The van der Waals surface area contributed by atoms with Crippen molar-refractivity contribution in [3.8, 4) is 11.2 Å². The number of sulfone groups is 3. The molecule has 0 unspecified atom stereocenters. The van der Waals surface area contributed by atoms with E-state index in [1.165, 1.54) is 28.2 Å². The number of aromatic nitrogens is 5. The number of rotatable bonds is 19. The molecule has 81 heavy (non-hydrogen) atoms. The summed E-state index contributed by atoms with van der Waals surface area (Å²) in [6.07, 6.45) is 1.36. The van der Waals surface area contributed by atoms with Crippen molar-refractivity contribution in [1.82, 2.24) is 24.7 Å². The molecular formula is C53H54ClI3N10O8S6. The first-order chi connectivity index (χ1) is 38.0. The molecular weight excluding hydrogens is 1510 g/mol. The summed E-state index contributed by atoms with van der Waals surface area (Å²) >= 11 is 7.81. The molecule has 4 aromatic carbocycles. The number of hydrogen-bond acceptors (Lipinski definition) is 19. The lowest BCUT2D eigenvalue weighted by molar-refractivity contribution is 0.559. The van der Waals surface area contributed by atoms with Crippen molar-refractivity contribution in [2.45, 2.75) is 120 Å². The van der Waals surface area contributed by atoms with Crippen molar-refractivity contribution in [3.63, 3.8) is 0 Å². The van der Waals surface area contributed by atoms with Gasteiger partial charge in [0.2, 0.25) is 5.13 Å². The van der Waals surface area contributed by atoms with Gasteiger partial charge >= 0.3 is 0 Å². The zero-order valence-corrected chi connectivity index (χ0v) is 57.5. The molecule has 4 heterocycles. The summed E-state index contributed by atoms with van der Waals surface area (Å²) in [4.78, 5) is 17.3. The van der Waals surface area contributed by atoms with Crippen molar-refractivity contribution in [2.24, 2.45) is 10.2 Å². The van der Waals surface area contributed by atoms with Crippen LogP contribution in [0.15, 0.2) is 84.4 Å². The molecule has 8 aromatic rings. The van der Waals surface area contributed by atoms with Gasteiger partial charge < -0.3 is 5.32 Å². The van der Waals surface area contributed by atoms with E-state index in [0.717, 1.165) is 22.5 Å². The van der Waals surface area contributed by atoms with Crippen LogP contribution in [0.1, 0.15) is 98.7 Å². The molecule has 4 aromatic heterocycles. The third-order valence-corrected chi connectivity index (χ3v) is 28.2. The second kappa shape index (κ2) is 24.2. The van der Waals surface area contributed by atoms with Gasteiger partial charge in [-0.25, -0.2) is 48.6 Å². The molecule has 1 N–H and O–H groups in total. The Balaban J connectivity index is 1.48. The molecule has 18 nitrogen and oxygen atoms in total. The molecule has 0 saturated heterocycles. The Morgan fingerprint density at radius 3 is 1.78 bits per heavy atom. The number of pyridine rings is 1. The molecule has 0 atom stereocenters. The lowest BCUT2D eigenvalue weighted by Crippen LogP contribution is -2.19. The fourth-order valence-corrected chi connectivity index (χ4v) is 19.1. The first-order valence-electron chi connectivity index (χ1n) is 25.0. The van der Waals surface area contributed by atoms with Crippen molar-refractivity contribution < 1.29 is 33.7 Å². The normalized spacial score (nSPS) is 12.8. The maximum absolute atomic E-state index is 14.0. The van der Waals surface area contributed by atoms with Crippen LogP contribution in [-0.4, -0.2) is 69.7 Å². The number of fused-ring (bicyclic) bond motifs is 2. The van der Waals surface area contributed by atoms with Gasteiger partial charge in [0.15, 0.2) is 46.3 Å². The molecule has 0 saturated carbocycles. The van der Waals surface area contributed by atoms with Crippen molar-refractivity contribution in [2.75, 3.05) is 21.5 Å². The van der Waals surface area contributed by atoms with E-state index >= 15 is 0 Å². The fraction of sp³-hybridized carbons (Fsp3) is 0.340. The zero-order valence-electron chi connectivity index (χ0n) is 45.4. The highest BCUT2D eigenvalue weighted by Gasteiger charge is 2.33. The van der Waals surface area contributed by atoms with E-state index in [9.17, 15) is 38.9 Å². The smallest absolute Gasteiger partial charge is 0.261 e. The number of aryl methyl sites for hydroxylation is 5. The lowest BCUT2D eigenvalue weighted by Gasteiger charge is -2.29. The highest BCUT2D eigenvalue weighted by molar-refractivity contribution is 14.1. The van der Waals surface area contributed by atoms with Crippen LogP contribution in [0.2, 0.25) is 0 Å². The van der Waals surface area contributed by atoms with Gasteiger partial charge in [0.25, 0.3) is 9.05 Å². The first-order valence-corrected chi connectivity index (χ1v) is 38.5. The highest BCUT2D eigenvalue weighted by Crippen LogP contribution is 2.49. The third-order valence-electron chi connectivity index (χ3n) is 13.3. The summed E-state index contributed by atoms with van der Waals surface area (Å²) in [7, 11) is -9.09. The highest BCUT2D eigenvalue weighted by atomic mass is 127. The summed E-state index contributed by atoms with van der Waals surface area (Å²) in [6.45, 7) is 18.5. The number of alkyl halides is 3. The average Bonchev–Trinajstić information content (AvgIpc) is 4.31. The van der Waals surface area contributed by atoms with E-state index in [4.69, 9.17) is 41.0 Å². The number of nitriles is 1. The van der Waals surface area contributed by atoms with Crippen LogP contribution < -0.4 is 10.2 Å². The second-order valence-corrected chi connectivity index (χ2v) is 35.6. The molecule has 0 bridgehead atoms. The Kier molecular flexibility index (Phi) is 18.8. The molecule has 0 fully saturated rings. The fourth-order valence-electron chi connectivity index (χ4n) is 9.60. The molecule has 0 spiro atoms. The van der Waals surface area contributed by atoms with Crippen LogP contribution in [0.25, 0.3) is 25.6 Å². The topological polar surface area (TPSA) is 257 Å². The monoisotopic (exact) mass is 1570 g/mol. The second-order valence-electron chi connectivity index (χ2n) is 19.8. The van der Waals surface area contributed by atoms with Crippen molar-refractivity contribution in [1.29, 1.82) is 5.26 Å². The van der Waals surface area contributed by atoms with Crippen LogP contribution in [0.5, 0.6) is 0 Å². The van der Waals surface area contributed by atoms with Gasteiger partial charge in [-0.3, -0.25) is 4.90 Å². The lowest BCUT2D eigenvalue weighted by atomic mass is 9.90. The van der Waals surface area contributed by atoms with Crippen LogP contribution >= 0.6 is 101 Å². The first kappa shape index (κ1) is 63.0. The van der Waals surface area contributed by atoms with E-state index in [-0.39, 0.29) is 77.5 Å². The van der Waals surface area contributed by atoms with Crippen LogP contribution in [0.4, 0.5) is 39.6 Å². The molecule has 0 aliphatic heterocycles. The van der Waals surface area contributed by atoms with Crippen LogP contribution in [0, 0.1) is 32.1 Å². The Hall–Kier alpha value is -4.01. The van der Waals surface area contributed by atoms with Gasteiger partial charge in [0.05, 0.1) is 51.4 Å². The molecule has 28 heteroatoms. The molecule has 0 radical (unpaired) electrons. The van der Waals surface area contributed by atoms with Gasteiger partial charge in [-0.2, -0.15) is 15.0 Å². The summed E-state index contributed by atoms with van der Waals surface area (Å²) in [5, 5.41) is 29.7. The summed E-state index contributed by atoms with van der Waals surface area (Å²) in [5.74, 6) is 0.304. The summed E-state index contributed by atoms with van der Waals surface area (Å²) in [6, 6.07) is 17.0. The number of halogens is 4.